The van der Waals surface area contributed by atoms with E-state index in [0.29, 0.717) is 18.8 Å². The fourth-order valence-corrected chi connectivity index (χ4v) is 3.17. The van der Waals surface area contributed by atoms with Crippen molar-refractivity contribution in [3.05, 3.63) is 47.8 Å². The number of hydrogen-bond donors (Lipinski definition) is 2. The van der Waals surface area contributed by atoms with Crippen molar-refractivity contribution in [1.29, 1.82) is 0 Å². The molecule has 1 aliphatic heterocycles. The Labute approximate surface area is 145 Å². The molecule has 4 rings (SSSR count). The standard InChI is InChI=1S/C18H21N5O2/c1-18(2,3)25-17(24)23-9-8-13-14(20-10-19-13)15(23)16-21-11-6-4-5-7-12(11)22-16/h4-7,10,15H,8-9H2,1-3H3,(H,19,20)(H,21,22). The first kappa shape index (κ1) is 15.7. The second kappa shape index (κ2) is 5.61. The number of benzene rings is 1. The summed E-state index contributed by atoms with van der Waals surface area (Å²) in [6, 6.07) is 7.42. The minimum atomic E-state index is -0.554. The van der Waals surface area contributed by atoms with Gasteiger partial charge in [-0.05, 0) is 32.9 Å². The first-order valence-corrected chi connectivity index (χ1v) is 8.39. The van der Waals surface area contributed by atoms with Gasteiger partial charge in [-0.1, -0.05) is 12.1 Å². The maximum atomic E-state index is 12.8. The number of rotatable bonds is 1. The van der Waals surface area contributed by atoms with E-state index in [0.717, 1.165) is 22.4 Å². The average Bonchev–Trinajstić information content (AvgIpc) is 3.18. The highest BCUT2D eigenvalue weighted by molar-refractivity contribution is 5.75. The topological polar surface area (TPSA) is 86.9 Å². The molecule has 1 aromatic carbocycles. The quantitative estimate of drug-likeness (QED) is 0.713. The predicted octanol–water partition coefficient (Wildman–Crippen LogP) is 3.17. The van der Waals surface area contributed by atoms with E-state index in [-0.39, 0.29) is 6.09 Å². The number of ether oxygens (including phenoxy) is 1. The molecular weight excluding hydrogens is 318 g/mol. The van der Waals surface area contributed by atoms with Gasteiger partial charge < -0.3 is 14.7 Å². The first-order valence-electron chi connectivity index (χ1n) is 8.39. The summed E-state index contributed by atoms with van der Waals surface area (Å²) in [5.74, 6) is 0.695. The highest BCUT2D eigenvalue weighted by atomic mass is 16.6. The van der Waals surface area contributed by atoms with Gasteiger partial charge in [0, 0.05) is 18.7 Å². The van der Waals surface area contributed by atoms with Gasteiger partial charge in [-0.2, -0.15) is 0 Å². The summed E-state index contributed by atoms with van der Waals surface area (Å²) in [6.45, 7) is 6.15. The van der Waals surface area contributed by atoms with E-state index < -0.39 is 11.6 Å². The molecule has 2 N–H and O–H groups in total. The van der Waals surface area contributed by atoms with Gasteiger partial charge in [0.05, 0.1) is 23.1 Å². The van der Waals surface area contributed by atoms with Crippen LogP contribution in [0.2, 0.25) is 0 Å². The molecule has 0 spiro atoms. The Bertz CT molecular complexity index is 888. The number of nitrogens with zero attached hydrogens (tertiary/aromatic N) is 3. The van der Waals surface area contributed by atoms with Crippen LogP contribution in [-0.2, 0) is 11.2 Å². The van der Waals surface area contributed by atoms with Crippen LogP contribution in [-0.4, -0.2) is 43.1 Å². The van der Waals surface area contributed by atoms with Crippen LogP contribution in [0.15, 0.2) is 30.6 Å². The number of amides is 1. The Kier molecular flexibility index (Phi) is 3.52. The molecule has 3 heterocycles. The molecule has 1 unspecified atom stereocenters. The highest BCUT2D eigenvalue weighted by Crippen LogP contribution is 2.33. The van der Waals surface area contributed by atoms with Crippen LogP contribution in [0.5, 0.6) is 0 Å². The number of imidazole rings is 2. The van der Waals surface area contributed by atoms with Gasteiger partial charge in [0.2, 0.25) is 0 Å². The molecule has 3 aromatic rings. The zero-order chi connectivity index (χ0) is 17.6. The van der Waals surface area contributed by atoms with Crippen LogP contribution in [0, 0.1) is 0 Å². The fourth-order valence-electron chi connectivity index (χ4n) is 3.17. The van der Waals surface area contributed by atoms with E-state index >= 15 is 0 Å². The van der Waals surface area contributed by atoms with Gasteiger partial charge >= 0.3 is 6.09 Å². The molecule has 2 aromatic heterocycles. The van der Waals surface area contributed by atoms with E-state index in [1.807, 2.05) is 45.0 Å². The van der Waals surface area contributed by atoms with Crippen LogP contribution in [0.25, 0.3) is 11.0 Å². The van der Waals surface area contributed by atoms with Crippen molar-refractivity contribution in [2.24, 2.45) is 0 Å². The van der Waals surface area contributed by atoms with Crippen LogP contribution in [0.1, 0.15) is 44.0 Å². The number of nitrogens with one attached hydrogen (secondary N) is 2. The van der Waals surface area contributed by atoms with Crippen molar-refractivity contribution < 1.29 is 9.53 Å². The molecule has 0 bridgehead atoms. The normalized spacial score (nSPS) is 17.6. The summed E-state index contributed by atoms with van der Waals surface area (Å²) >= 11 is 0. The molecule has 25 heavy (non-hydrogen) atoms. The zero-order valence-electron chi connectivity index (χ0n) is 14.5. The number of aromatic nitrogens is 4. The number of H-pyrrole nitrogens is 2. The lowest BCUT2D eigenvalue weighted by Gasteiger charge is -2.35. The maximum absolute atomic E-state index is 12.8. The number of carbonyl (C=O) groups excluding carboxylic acids is 1. The third-order valence-electron chi connectivity index (χ3n) is 4.22. The molecule has 0 radical (unpaired) electrons. The zero-order valence-corrected chi connectivity index (χ0v) is 14.5. The van der Waals surface area contributed by atoms with Gasteiger partial charge in [0.25, 0.3) is 0 Å². The van der Waals surface area contributed by atoms with Gasteiger partial charge in [-0.15, -0.1) is 0 Å². The van der Waals surface area contributed by atoms with Crippen molar-refractivity contribution in [2.45, 2.75) is 38.8 Å². The lowest BCUT2D eigenvalue weighted by Crippen LogP contribution is -2.43. The summed E-state index contributed by atoms with van der Waals surface area (Å²) in [6.07, 6.45) is 2.02. The largest absolute Gasteiger partial charge is 0.444 e. The highest BCUT2D eigenvalue weighted by Gasteiger charge is 2.38. The SMILES string of the molecule is CC(C)(C)OC(=O)N1CCc2[nH]cnc2C1c1nc2ccccc2[nH]1. The van der Waals surface area contributed by atoms with Crippen molar-refractivity contribution in [2.75, 3.05) is 6.54 Å². The molecule has 0 fully saturated rings. The van der Waals surface area contributed by atoms with Gasteiger partial charge in [-0.25, -0.2) is 14.8 Å². The number of carbonyl (C=O) groups is 1. The molecule has 1 atom stereocenters. The third-order valence-corrected chi connectivity index (χ3v) is 4.22. The minimum absolute atomic E-state index is 0.355. The van der Waals surface area contributed by atoms with Crippen LogP contribution >= 0.6 is 0 Å². The maximum Gasteiger partial charge on any atom is 0.411 e. The average molecular weight is 339 g/mol. The number of para-hydroxylation sites is 2. The summed E-state index contributed by atoms with van der Waals surface area (Å²) in [4.78, 5) is 30.1. The summed E-state index contributed by atoms with van der Waals surface area (Å²) in [5, 5.41) is 0. The van der Waals surface area contributed by atoms with Crippen LogP contribution < -0.4 is 0 Å². The third kappa shape index (κ3) is 2.86. The molecule has 0 aliphatic carbocycles. The number of hydrogen-bond acceptors (Lipinski definition) is 4. The Morgan fingerprint density at radius 1 is 1.32 bits per heavy atom. The Hall–Kier alpha value is -2.83. The summed E-state index contributed by atoms with van der Waals surface area (Å²) < 4.78 is 5.60. The Balaban J connectivity index is 1.77. The molecular formula is C18H21N5O2. The van der Waals surface area contributed by atoms with Crippen molar-refractivity contribution in [3.63, 3.8) is 0 Å². The van der Waals surface area contributed by atoms with E-state index in [2.05, 4.69) is 19.9 Å². The van der Waals surface area contributed by atoms with Crippen LogP contribution in [0.4, 0.5) is 4.79 Å². The molecule has 1 aliphatic rings. The molecule has 130 valence electrons. The lowest BCUT2D eigenvalue weighted by molar-refractivity contribution is 0.0167. The monoisotopic (exact) mass is 339 g/mol. The van der Waals surface area contributed by atoms with E-state index in [9.17, 15) is 4.79 Å². The molecule has 7 heteroatoms. The van der Waals surface area contributed by atoms with E-state index in [4.69, 9.17) is 4.74 Å². The van der Waals surface area contributed by atoms with Crippen molar-refractivity contribution >= 4 is 17.1 Å². The molecule has 0 saturated carbocycles. The Morgan fingerprint density at radius 3 is 2.88 bits per heavy atom. The second-order valence-corrected chi connectivity index (χ2v) is 7.23. The number of fused-ring (bicyclic) bond motifs is 2. The fraction of sp³-hybridized carbons (Fsp3) is 0.389. The summed E-state index contributed by atoms with van der Waals surface area (Å²) in [5.41, 5.74) is 3.09. The first-order chi connectivity index (χ1) is 11.9. The molecule has 1 amide bonds. The van der Waals surface area contributed by atoms with E-state index in [1.54, 1.807) is 11.2 Å². The van der Waals surface area contributed by atoms with Gasteiger partial charge in [0.15, 0.2) is 0 Å². The molecule has 7 nitrogen and oxygen atoms in total. The smallest absolute Gasteiger partial charge is 0.411 e. The van der Waals surface area contributed by atoms with E-state index in [1.165, 1.54) is 0 Å². The van der Waals surface area contributed by atoms with Crippen molar-refractivity contribution in [1.82, 2.24) is 24.8 Å². The lowest BCUT2D eigenvalue weighted by atomic mass is 10.0. The predicted molar refractivity (Wildman–Crippen MR) is 93.2 cm³/mol. The van der Waals surface area contributed by atoms with Gasteiger partial charge in [-0.3, -0.25) is 4.90 Å². The van der Waals surface area contributed by atoms with Crippen molar-refractivity contribution in [3.8, 4) is 0 Å². The van der Waals surface area contributed by atoms with Gasteiger partial charge in [0.1, 0.15) is 17.5 Å². The Morgan fingerprint density at radius 2 is 2.12 bits per heavy atom. The second-order valence-electron chi connectivity index (χ2n) is 7.23. The minimum Gasteiger partial charge on any atom is -0.444 e. The van der Waals surface area contributed by atoms with Crippen LogP contribution in [0.3, 0.4) is 0 Å². The summed E-state index contributed by atoms with van der Waals surface area (Å²) in [7, 11) is 0. The number of aromatic amines is 2. The molecule has 0 saturated heterocycles.